The van der Waals surface area contributed by atoms with Gasteiger partial charge in [-0.2, -0.15) is 0 Å². The minimum Gasteiger partial charge on any atom is -0.462 e. The highest BCUT2D eigenvalue weighted by atomic mass is 16.6. The van der Waals surface area contributed by atoms with Crippen LogP contribution >= 0.6 is 0 Å². The standard InChI is InChI=1S/C57H98O6/c1-4-7-10-13-16-19-22-24-26-28-30-32-35-38-41-44-47-50-56(59)62-53-54(52-61-55(58)49-46-43-40-37-34-21-18-15-12-9-6-3)63-57(60)51-48-45-42-39-36-33-31-29-27-25-23-20-17-14-11-8-5-2/h8,11,15,17-18,20,24-27,31,33,54H,4-7,9-10,12-14,16,19,21-23,28-30,32,34-53H2,1-3H3/b11-8-,18-15-,20-17-,26-24-,27-25-,33-31-/t54-/m0/s1. The Balaban J connectivity index is 4.41. The van der Waals surface area contributed by atoms with Gasteiger partial charge in [-0.05, 0) is 103 Å². The Morgan fingerprint density at radius 3 is 1.03 bits per heavy atom. The molecule has 0 radical (unpaired) electrons. The summed E-state index contributed by atoms with van der Waals surface area (Å²) in [6, 6.07) is 0. The molecule has 0 heterocycles. The maximum atomic E-state index is 12.8. The Hall–Kier alpha value is -3.15. The summed E-state index contributed by atoms with van der Waals surface area (Å²) >= 11 is 0. The van der Waals surface area contributed by atoms with Gasteiger partial charge < -0.3 is 14.2 Å². The van der Waals surface area contributed by atoms with E-state index in [9.17, 15) is 14.4 Å². The van der Waals surface area contributed by atoms with Crippen LogP contribution in [0.3, 0.4) is 0 Å². The van der Waals surface area contributed by atoms with E-state index in [1.807, 2.05) is 0 Å². The molecule has 0 aliphatic carbocycles. The molecule has 362 valence electrons. The van der Waals surface area contributed by atoms with Gasteiger partial charge in [0.1, 0.15) is 13.2 Å². The molecule has 0 aliphatic heterocycles. The lowest BCUT2D eigenvalue weighted by molar-refractivity contribution is -0.167. The first-order valence-electron chi connectivity index (χ1n) is 26.4. The number of ether oxygens (including phenoxy) is 3. The van der Waals surface area contributed by atoms with Gasteiger partial charge in [0.25, 0.3) is 0 Å². The molecule has 0 saturated heterocycles. The van der Waals surface area contributed by atoms with Gasteiger partial charge in [0.2, 0.25) is 0 Å². The highest BCUT2D eigenvalue weighted by Gasteiger charge is 2.19. The molecule has 0 saturated carbocycles. The van der Waals surface area contributed by atoms with Crippen molar-refractivity contribution < 1.29 is 28.6 Å². The zero-order valence-electron chi connectivity index (χ0n) is 41.3. The average molecular weight is 879 g/mol. The number of unbranched alkanes of at least 4 members (excludes halogenated alkanes) is 24. The minimum atomic E-state index is -0.792. The normalized spacial score (nSPS) is 12.6. The Labute approximate surface area is 389 Å². The van der Waals surface area contributed by atoms with Gasteiger partial charge in [0, 0.05) is 19.3 Å². The van der Waals surface area contributed by atoms with Crippen molar-refractivity contribution in [2.24, 2.45) is 0 Å². The first-order valence-corrected chi connectivity index (χ1v) is 26.4. The highest BCUT2D eigenvalue weighted by Crippen LogP contribution is 2.14. The molecular formula is C57H98O6. The van der Waals surface area contributed by atoms with Gasteiger partial charge in [-0.1, -0.05) is 203 Å². The third kappa shape index (κ3) is 49.7. The molecule has 0 aliphatic rings. The molecule has 0 N–H and O–H groups in total. The number of allylic oxidation sites excluding steroid dienone is 12. The van der Waals surface area contributed by atoms with E-state index in [1.54, 1.807) is 0 Å². The number of hydrogen-bond donors (Lipinski definition) is 0. The summed E-state index contributed by atoms with van der Waals surface area (Å²) in [5.74, 6) is -0.926. The van der Waals surface area contributed by atoms with Gasteiger partial charge in [0.05, 0.1) is 0 Å². The van der Waals surface area contributed by atoms with E-state index in [0.717, 1.165) is 103 Å². The molecule has 63 heavy (non-hydrogen) atoms. The molecule has 0 bridgehead atoms. The van der Waals surface area contributed by atoms with Crippen LogP contribution in [0.2, 0.25) is 0 Å². The van der Waals surface area contributed by atoms with Crippen LogP contribution in [0.5, 0.6) is 0 Å². The smallest absolute Gasteiger partial charge is 0.306 e. The molecule has 0 aromatic heterocycles. The first kappa shape index (κ1) is 59.9. The van der Waals surface area contributed by atoms with Crippen LogP contribution in [0.1, 0.15) is 252 Å². The molecule has 0 amide bonds. The van der Waals surface area contributed by atoms with Crippen LogP contribution in [0.25, 0.3) is 0 Å². The van der Waals surface area contributed by atoms with Crippen LogP contribution in [-0.4, -0.2) is 37.2 Å². The van der Waals surface area contributed by atoms with Crippen LogP contribution < -0.4 is 0 Å². The van der Waals surface area contributed by atoms with E-state index in [2.05, 4.69) is 93.7 Å². The minimum absolute atomic E-state index is 0.0903. The number of hydrogen-bond acceptors (Lipinski definition) is 6. The Morgan fingerprint density at radius 2 is 0.635 bits per heavy atom. The fraction of sp³-hybridized carbons (Fsp3) is 0.737. The van der Waals surface area contributed by atoms with Gasteiger partial charge in [-0.25, -0.2) is 0 Å². The second kappa shape index (κ2) is 51.5. The molecule has 0 unspecified atom stereocenters. The summed E-state index contributed by atoms with van der Waals surface area (Å²) in [4.78, 5) is 38.0. The van der Waals surface area contributed by atoms with Crippen LogP contribution in [0.4, 0.5) is 0 Å². The van der Waals surface area contributed by atoms with Gasteiger partial charge >= 0.3 is 17.9 Å². The van der Waals surface area contributed by atoms with Crippen molar-refractivity contribution >= 4 is 17.9 Å². The summed E-state index contributed by atoms with van der Waals surface area (Å²) in [5, 5.41) is 0. The second-order valence-electron chi connectivity index (χ2n) is 17.4. The molecule has 0 aromatic carbocycles. The SMILES string of the molecule is CC/C=C\C/C=C\C/C=C\C/C=C\CCCCCCC(=O)O[C@@H](COC(=O)CCCCCCC/C=C\CCCC)COC(=O)CCCCCCCCC/C=C\CCCCCCCC. The molecule has 0 fully saturated rings. The quantitative estimate of drug-likeness (QED) is 0.0262. The van der Waals surface area contributed by atoms with E-state index >= 15 is 0 Å². The van der Waals surface area contributed by atoms with E-state index in [-0.39, 0.29) is 31.1 Å². The first-order chi connectivity index (χ1) is 31.0. The zero-order chi connectivity index (χ0) is 45.8. The maximum Gasteiger partial charge on any atom is 0.306 e. The Bertz CT molecular complexity index is 1190. The predicted octanol–water partition coefficient (Wildman–Crippen LogP) is 17.4. The molecule has 0 rings (SSSR count). The summed E-state index contributed by atoms with van der Waals surface area (Å²) in [7, 11) is 0. The number of rotatable bonds is 47. The van der Waals surface area contributed by atoms with Gasteiger partial charge in [-0.3, -0.25) is 14.4 Å². The van der Waals surface area contributed by atoms with Gasteiger partial charge in [-0.15, -0.1) is 0 Å². The molecular weight excluding hydrogens is 781 g/mol. The maximum absolute atomic E-state index is 12.8. The number of esters is 3. The lowest BCUT2D eigenvalue weighted by Crippen LogP contribution is -2.30. The van der Waals surface area contributed by atoms with E-state index in [4.69, 9.17) is 14.2 Å². The summed E-state index contributed by atoms with van der Waals surface area (Å²) < 4.78 is 16.8. The molecule has 0 aromatic rings. The third-order valence-electron chi connectivity index (χ3n) is 11.2. The zero-order valence-corrected chi connectivity index (χ0v) is 41.3. The van der Waals surface area contributed by atoms with Crippen LogP contribution in [0.15, 0.2) is 72.9 Å². The topological polar surface area (TPSA) is 78.9 Å². The molecule has 1 atom stereocenters. The van der Waals surface area contributed by atoms with Crippen molar-refractivity contribution in [1.82, 2.24) is 0 Å². The van der Waals surface area contributed by atoms with E-state index in [1.165, 1.54) is 109 Å². The molecule has 0 spiro atoms. The van der Waals surface area contributed by atoms with Crippen LogP contribution in [-0.2, 0) is 28.6 Å². The van der Waals surface area contributed by atoms with Crippen LogP contribution in [0, 0.1) is 0 Å². The molecule has 6 heteroatoms. The van der Waals surface area contributed by atoms with Crippen molar-refractivity contribution in [3.8, 4) is 0 Å². The van der Waals surface area contributed by atoms with Crippen molar-refractivity contribution in [1.29, 1.82) is 0 Å². The van der Waals surface area contributed by atoms with Crippen molar-refractivity contribution in [2.75, 3.05) is 13.2 Å². The largest absolute Gasteiger partial charge is 0.462 e. The third-order valence-corrected chi connectivity index (χ3v) is 11.2. The number of carbonyl (C=O) groups is 3. The van der Waals surface area contributed by atoms with Crippen molar-refractivity contribution in [2.45, 2.75) is 258 Å². The Kier molecular flexibility index (Phi) is 48.9. The van der Waals surface area contributed by atoms with E-state index < -0.39 is 6.10 Å². The lowest BCUT2D eigenvalue weighted by Gasteiger charge is -2.18. The number of carbonyl (C=O) groups excluding carboxylic acids is 3. The van der Waals surface area contributed by atoms with Crippen molar-refractivity contribution in [3.05, 3.63) is 72.9 Å². The predicted molar refractivity (Wildman–Crippen MR) is 270 cm³/mol. The van der Waals surface area contributed by atoms with Gasteiger partial charge in [0.15, 0.2) is 6.10 Å². The lowest BCUT2D eigenvalue weighted by atomic mass is 10.1. The average Bonchev–Trinajstić information content (AvgIpc) is 3.28. The second-order valence-corrected chi connectivity index (χ2v) is 17.4. The fourth-order valence-corrected chi connectivity index (χ4v) is 7.17. The van der Waals surface area contributed by atoms with E-state index in [0.29, 0.717) is 19.3 Å². The van der Waals surface area contributed by atoms with Crippen molar-refractivity contribution in [3.63, 3.8) is 0 Å². The fourth-order valence-electron chi connectivity index (χ4n) is 7.17. The summed E-state index contributed by atoms with van der Waals surface area (Å²) in [6.07, 6.45) is 64.6. The highest BCUT2D eigenvalue weighted by molar-refractivity contribution is 5.71. The molecule has 6 nitrogen and oxygen atoms in total. The Morgan fingerprint density at radius 1 is 0.333 bits per heavy atom. The monoisotopic (exact) mass is 879 g/mol. The summed E-state index contributed by atoms with van der Waals surface area (Å²) in [5.41, 5.74) is 0. The summed E-state index contributed by atoms with van der Waals surface area (Å²) in [6.45, 7) is 6.45.